The van der Waals surface area contributed by atoms with Crippen LogP contribution in [-0.4, -0.2) is 33.6 Å². The van der Waals surface area contributed by atoms with E-state index >= 15 is 0 Å². The third kappa shape index (κ3) is 4.97. The SMILES string of the molecule is Cc1ccc(C(C)NC(=O)c2ccc(S(=O)(=O)NCC3CCCO3)cc2)o1. The van der Waals surface area contributed by atoms with Gasteiger partial charge in [-0.25, -0.2) is 13.1 Å². The van der Waals surface area contributed by atoms with E-state index in [0.717, 1.165) is 18.6 Å². The predicted molar refractivity (Wildman–Crippen MR) is 99.9 cm³/mol. The van der Waals surface area contributed by atoms with E-state index in [0.29, 0.717) is 17.9 Å². The molecule has 8 heteroatoms. The van der Waals surface area contributed by atoms with Crippen LogP contribution in [0.4, 0.5) is 0 Å². The smallest absolute Gasteiger partial charge is 0.251 e. The molecule has 146 valence electrons. The summed E-state index contributed by atoms with van der Waals surface area (Å²) in [7, 11) is -3.63. The second kappa shape index (κ2) is 8.24. The van der Waals surface area contributed by atoms with Crippen molar-refractivity contribution in [2.24, 2.45) is 0 Å². The van der Waals surface area contributed by atoms with Crippen molar-refractivity contribution in [2.45, 2.75) is 43.7 Å². The van der Waals surface area contributed by atoms with Crippen molar-refractivity contribution in [2.75, 3.05) is 13.2 Å². The standard InChI is InChI=1S/C19H24N2O5S/c1-13-5-10-18(26-13)14(2)21-19(22)15-6-8-17(9-7-15)27(23,24)20-12-16-4-3-11-25-16/h5-10,14,16,20H,3-4,11-12H2,1-2H3,(H,21,22). The quantitative estimate of drug-likeness (QED) is 0.755. The van der Waals surface area contributed by atoms with Gasteiger partial charge >= 0.3 is 0 Å². The highest BCUT2D eigenvalue weighted by Gasteiger charge is 2.21. The van der Waals surface area contributed by atoms with Crippen LogP contribution in [0.25, 0.3) is 0 Å². The van der Waals surface area contributed by atoms with Crippen LogP contribution in [-0.2, 0) is 14.8 Å². The summed E-state index contributed by atoms with van der Waals surface area (Å²) in [5.74, 6) is 1.14. The average Bonchev–Trinajstić information content (AvgIpc) is 3.31. The molecule has 0 bridgehead atoms. The monoisotopic (exact) mass is 392 g/mol. The summed E-state index contributed by atoms with van der Waals surface area (Å²) in [6, 6.07) is 9.20. The van der Waals surface area contributed by atoms with Crippen molar-refractivity contribution in [3.63, 3.8) is 0 Å². The van der Waals surface area contributed by atoms with E-state index < -0.39 is 10.0 Å². The minimum atomic E-state index is -3.63. The van der Waals surface area contributed by atoms with Gasteiger partial charge in [-0.05, 0) is 63.1 Å². The molecule has 2 N–H and O–H groups in total. The van der Waals surface area contributed by atoms with Gasteiger partial charge in [0.05, 0.1) is 17.0 Å². The molecule has 2 unspecified atom stereocenters. The highest BCUT2D eigenvalue weighted by Crippen LogP contribution is 2.17. The first kappa shape index (κ1) is 19.6. The van der Waals surface area contributed by atoms with Gasteiger partial charge in [0.2, 0.25) is 10.0 Å². The van der Waals surface area contributed by atoms with Gasteiger partial charge in [-0.1, -0.05) is 0 Å². The third-order valence-electron chi connectivity index (χ3n) is 4.49. The minimum absolute atomic E-state index is 0.0726. The van der Waals surface area contributed by atoms with Gasteiger partial charge in [0.1, 0.15) is 11.5 Å². The molecular formula is C19H24N2O5S. The summed E-state index contributed by atoms with van der Waals surface area (Å²) >= 11 is 0. The molecule has 3 rings (SSSR count). The van der Waals surface area contributed by atoms with Gasteiger partial charge < -0.3 is 14.5 Å². The number of hydrogen-bond acceptors (Lipinski definition) is 5. The number of carbonyl (C=O) groups excluding carboxylic acids is 1. The molecule has 1 aromatic carbocycles. The first-order valence-corrected chi connectivity index (χ1v) is 10.4. The predicted octanol–water partition coefficient (Wildman–Crippen LogP) is 2.54. The van der Waals surface area contributed by atoms with Gasteiger partial charge in [-0.2, -0.15) is 0 Å². The Morgan fingerprint density at radius 2 is 1.96 bits per heavy atom. The number of ether oxygens (including phenoxy) is 1. The van der Waals surface area contributed by atoms with Crippen LogP contribution >= 0.6 is 0 Å². The van der Waals surface area contributed by atoms with Gasteiger partial charge in [0, 0.05) is 18.7 Å². The van der Waals surface area contributed by atoms with Crippen LogP contribution in [0, 0.1) is 6.92 Å². The summed E-state index contributed by atoms with van der Waals surface area (Å²) in [5, 5.41) is 2.83. The maximum atomic E-state index is 12.4. The molecule has 1 aromatic heterocycles. The van der Waals surface area contributed by atoms with E-state index in [1.54, 1.807) is 0 Å². The fourth-order valence-electron chi connectivity index (χ4n) is 2.91. The minimum Gasteiger partial charge on any atom is -0.464 e. The topological polar surface area (TPSA) is 97.6 Å². The number of rotatable bonds is 7. The van der Waals surface area contributed by atoms with Crippen molar-refractivity contribution in [1.29, 1.82) is 0 Å². The average molecular weight is 392 g/mol. The zero-order valence-electron chi connectivity index (χ0n) is 15.4. The van der Waals surface area contributed by atoms with Crippen molar-refractivity contribution in [3.05, 3.63) is 53.5 Å². The highest BCUT2D eigenvalue weighted by atomic mass is 32.2. The Balaban J connectivity index is 1.60. The van der Waals surface area contributed by atoms with Crippen LogP contribution in [0.2, 0.25) is 0 Å². The second-order valence-corrected chi connectivity index (χ2v) is 8.42. The Morgan fingerprint density at radius 3 is 2.56 bits per heavy atom. The van der Waals surface area contributed by atoms with E-state index in [-0.39, 0.29) is 29.5 Å². The number of furan rings is 1. The summed E-state index contributed by atoms with van der Waals surface area (Å²) in [6.07, 6.45) is 1.73. The zero-order chi connectivity index (χ0) is 19.4. The molecular weight excluding hydrogens is 368 g/mol. The fourth-order valence-corrected chi connectivity index (χ4v) is 3.98. The maximum Gasteiger partial charge on any atom is 0.251 e. The van der Waals surface area contributed by atoms with Gasteiger partial charge in [0.15, 0.2) is 0 Å². The lowest BCUT2D eigenvalue weighted by Gasteiger charge is -2.13. The molecule has 0 aliphatic carbocycles. The van der Waals surface area contributed by atoms with E-state index in [1.165, 1.54) is 24.3 Å². The van der Waals surface area contributed by atoms with E-state index in [2.05, 4.69) is 10.0 Å². The van der Waals surface area contributed by atoms with Gasteiger partial charge in [-0.3, -0.25) is 4.79 Å². The number of aryl methyl sites for hydroxylation is 1. The van der Waals surface area contributed by atoms with E-state index in [9.17, 15) is 13.2 Å². The lowest BCUT2D eigenvalue weighted by atomic mass is 10.2. The van der Waals surface area contributed by atoms with Crippen molar-refractivity contribution in [3.8, 4) is 0 Å². The fraction of sp³-hybridized carbons (Fsp3) is 0.421. The molecule has 0 radical (unpaired) electrons. The normalized spacial score (nSPS) is 18.4. The number of nitrogens with one attached hydrogen (secondary N) is 2. The van der Waals surface area contributed by atoms with Crippen LogP contribution < -0.4 is 10.0 Å². The Morgan fingerprint density at radius 1 is 1.22 bits per heavy atom. The number of hydrogen-bond donors (Lipinski definition) is 2. The number of amides is 1. The van der Waals surface area contributed by atoms with E-state index in [4.69, 9.17) is 9.15 Å². The molecule has 27 heavy (non-hydrogen) atoms. The highest BCUT2D eigenvalue weighted by molar-refractivity contribution is 7.89. The molecule has 2 aromatic rings. The van der Waals surface area contributed by atoms with Gasteiger partial charge in [0.25, 0.3) is 5.91 Å². The molecule has 7 nitrogen and oxygen atoms in total. The molecule has 1 saturated heterocycles. The van der Waals surface area contributed by atoms with Crippen molar-refractivity contribution in [1.82, 2.24) is 10.0 Å². The Hall–Kier alpha value is -2.16. The largest absolute Gasteiger partial charge is 0.464 e. The molecule has 1 amide bonds. The summed E-state index contributed by atoms with van der Waals surface area (Å²) in [6.45, 7) is 4.59. The third-order valence-corrected chi connectivity index (χ3v) is 5.93. The van der Waals surface area contributed by atoms with Gasteiger partial charge in [-0.15, -0.1) is 0 Å². The van der Waals surface area contributed by atoms with Crippen molar-refractivity contribution < 1.29 is 22.4 Å². The van der Waals surface area contributed by atoms with Crippen LogP contribution in [0.3, 0.4) is 0 Å². The lowest BCUT2D eigenvalue weighted by molar-refractivity contribution is 0.0935. The zero-order valence-corrected chi connectivity index (χ0v) is 16.2. The summed E-state index contributed by atoms with van der Waals surface area (Å²) < 4.78 is 38.2. The molecule has 2 heterocycles. The molecule has 2 atom stereocenters. The van der Waals surface area contributed by atoms with Crippen LogP contribution in [0.5, 0.6) is 0 Å². The Kier molecular flexibility index (Phi) is 5.98. The second-order valence-electron chi connectivity index (χ2n) is 6.65. The summed E-state index contributed by atoms with van der Waals surface area (Å²) in [5.41, 5.74) is 0.378. The number of benzene rings is 1. The summed E-state index contributed by atoms with van der Waals surface area (Å²) in [4.78, 5) is 12.5. The molecule has 1 aliphatic heterocycles. The first-order valence-electron chi connectivity index (χ1n) is 8.94. The van der Waals surface area contributed by atoms with Crippen molar-refractivity contribution >= 4 is 15.9 Å². The number of sulfonamides is 1. The van der Waals surface area contributed by atoms with Crippen LogP contribution in [0.15, 0.2) is 45.7 Å². The first-order chi connectivity index (χ1) is 12.8. The lowest BCUT2D eigenvalue weighted by Crippen LogP contribution is -2.32. The number of carbonyl (C=O) groups is 1. The molecule has 1 aliphatic rings. The Labute approximate surface area is 159 Å². The van der Waals surface area contributed by atoms with Crippen LogP contribution in [0.1, 0.15) is 47.7 Å². The van der Waals surface area contributed by atoms with E-state index in [1.807, 2.05) is 26.0 Å². The molecule has 0 saturated carbocycles. The molecule has 0 spiro atoms. The Bertz CT molecular complexity index is 883. The molecule has 1 fully saturated rings. The maximum absolute atomic E-state index is 12.4.